The van der Waals surface area contributed by atoms with Gasteiger partial charge in [-0.1, -0.05) is 6.07 Å². The highest BCUT2D eigenvalue weighted by Gasteiger charge is 2.21. The van der Waals surface area contributed by atoms with Gasteiger partial charge in [0.1, 0.15) is 28.3 Å². The van der Waals surface area contributed by atoms with Crippen molar-refractivity contribution < 1.29 is 18.3 Å². The van der Waals surface area contributed by atoms with Crippen molar-refractivity contribution in [3.05, 3.63) is 51.7 Å². The number of nitrogens with zero attached hydrogens (tertiary/aromatic N) is 1. The van der Waals surface area contributed by atoms with E-state index in [-0.39, 0.29) is 10.4 Å². The van der Waals surface area contributed by atoms with E-state index in [0.29, 0.717) is 11.8 Å². The Hall–Kier alpha value is -2.46. The Morgan fingerprint density at radius 3 is 2.81 bits per heavy atom. The largest absolute Gasteiger partial charge is 0.495 e. The molecule has 2 rings (SSSR count). The van der Waals surface area contributed by atoms with Crippen LogP contribution < -0.4 is 10.1 Å². The van der Waals surface area contributed by atoms with Crippen LogP contribution in [-0.4, -0.2) is 13.0 Å². The van der Waals surface area contributed by atoms with Crippen molar-refractivity contribution >= 4 is 17.2 Å². The molecular formula is C14H10F2N2O2S. The van der Waals surface area contributed by atoms with Crippen LogP contribution in [-0.2, 0) is 0 Å². The maximum absolute atomic E-state index is 13.7. The Morgan fingerprint density at radius 2 is 2.19 bits per heavy atom. The summed E-state index contributed by atoms with van der Waals surface area (Å²) in [5, 5.41) is 13.1. The van der Waals surface area contributed by atoms with Gasteiger partial charge < -0.3 is 10.1 Å². The monoisotopic (exact) mass is 308 g/mol. The van der Waals surface area contributed by atoms with Crippen LogP contribution in [0.1, 0.15) is 21.3 Å². The molecule has 1 atom stereocenters. The number of amides is 1. The summed E-state index contributed by atoms with van der Waals surface area (Å²) in [4.78, 5) is 12.4. The number of nitrogens with one attached hydrogen (secondary N) is 1. The summed E-state index contributed by atoms with van der Waals surface area (Å²) in [5.74, 6) is -1.83. The lowest BCUT2D eigenvalue weighted by molar-refractivity contribution is 0.0946. The van der Waals surface area contributed by atoms with Crippen molar-refractivity contribution in [2.75, 3.05) is 7.11 Å². The van der Waals surface area contributed by atoms with Gasteiger partial charge in [-0.05, 0) is 17.5 Å². The second-order valence-corrected chi connectivity index (χ2v) is 4.94. The molecule has 0 aliphatic carbocycles. The van der Waals surface area contributed by atoms with Gasteiger partial charge in [0.25, 0.3) is 5.91 Å². The minimum Gasteiger partial charge on any atom is -0.495 e. The fourth-order valence-electron chi connectivity index (χ4n) is 1.74. The summed E-state index contributed by atoms with van der Waals surface area (Å²) in [6.07, 6.45) is 0. The van der Waals surface area contributed by atoms with Crippen molar-refractivity contribution in [1.82, 2.24) is 5.32 Å². The van der Waals surface area contributed by atoms with Gasteiger partial charge in [-0.25, -0.2) is 8.78 Å². The quantitative estimate of drug-likeness (QED) is 0.944. The first kappa shape index (κ1) is 14.9. The minimum atomic E-state index is -1.22. The fraction of sp³-hybridized carbons (Fsp3) is 0.143. The molecule has 0 radical (unpaired) electrons. The van der Waals surface area contributed by atoms with Gasteiger partial charge in [-0.15, -0.1) is 11.3 Å². The first-order valence-electron chi connectivity index (χ1n) is 5.83. The van der Waals surface area contributed by atoms with Crippen LogP contribution in [0.5, 0.6) is 5.75 Å². The molecule has 0 saturated carbocycles. The molecule has 0 bridgehead atoms. The number of benzene rings is 1. The van der Waals surface area contributed by atoms with Gasteiger partial charge in [0.15, 0.2) is 0 Å². The van der Waals surface area contributed by atoms with Gasteiger partial charge in [-0.3, -0.25) is 4.79 Å². The molecule has 21 heavy (non-hydrogen) atoms. The van der Waals surface area contributed by atoms with Crippen molar-refractivity contribution in [2.24, 2.45) is 0 Å². The summed E-state index contributed by atoms with van der Waals surface area (Å²) in [6.45, 7) is 0. The van der Waals surface area contributed by atoms with E-state index >= 15 is 0 Å². The Kier molecular flexibility index (Phi) is 4.50. The Bertz CT molecular complexity index is 709. The van der Waals surface area contributed by atoms with Crippen LogP contribution in [0.25, 0.3) is 0 Å². The number of carbonyl (C=O) groups is 1. The van der Waals surface area contributed by atoms with E-state index in [0.717, 1.165) is 23.5 Å². The zero-order chi connectivity index (χ0) is 15.4. The Labute approximate surface area is 123 Å². The number of nitriles is 1. The number of carbonyl (C=O) groups excluding carboxylic acids is 1. The third-order valence-electron chi connectivity index (χ3n) is 2.73. The molecule has 0 aliphatic rings. The van der Waals surface area contributed by atoms with Crippen LogP contribution in [0.15, 0.2) is 29.6 Å². The molecule has 0 fully saturated rings. The number of ether oxygens (including phenoxy) is 1. The molecule has 1 amide bonds. The summed E-state index contributed by atoms with van der Waals surface area (Å²) in [6, 6.07) is 4.99. The standard InChI is InChI=1S/C14H10F2N2O2S/c1-20-12-4-5-21-13(12)14(19)18-11(7-17)9-3-2-8(15)6-10(9)16/h2-6,11H,1H3,(H,18,19)/t11-/m0/s1. The van der Waals surface area contributed by atoms with Crippen molar-refractivity contribution in [3.8, 4) is 11.8 Å². The van der Waals surface area contributed by atoms with Gasteiger partial charge in [0.05, 0.1) is 13.2 Å². The minimum absolute atomic E-state index is 0.0947. The Morgan fingerprint density at radius 1 is 1.43 bits per heavy atom. The van der Waals surface area contributed by atoms with Crippen LogP contribution >= 0.6 is 11.3 Å². The van der Waals surface area contributed by atoms with E-state index in [1.807, 2.05) is 0 Å². The van der Waals surface area contributed by atoms with Gasteiger partial charge >= 0.3 is 0 Å². The summed E-state index contributed by atoms with van der Waals surface area (Å²) < 4.78 is 31.5. The average molecular weight is 308 g/mol. The van der Waals surface area contributed by atoms with E-state index in [1.54, 1.807) is 17.5 Å². The molecule has 0 aliphatic heterocycles. The summed E-state index contributed by atoms with van der Waals surface area (Å²) in [7, 11) is 1.42. The fourth-order valence-corrected chi connectivity index (χ4v) is 2.50. The lowest BCUT2D eigenvalue weighted by Gasteiger charge is -2.12. The first-order valence-corrected chi connectivity index (χ1v) is 6.71. The lowest BCUT2D eigenvalue weighted by Crippen LogP contribution is -2.27. The van der Waals surface area contributed by atoms with E-state index in [4.69, 9.17) is 10.00 Å². The molecule has 1 heterocycles. The zero-order valence-electron chi connectivity index (χ0n) is 10.9. The van der Waals surface area contributed by atoms with Crippen molar-refractivity contribution in [3.63, 3.8) is 0 Å². The highest BCUT2D eigenvalue weighted by atomic mass is 32.1. The molecule has 0 unspecified atom stereocenters. The molecule has 7 heteroatoms. The normalized spacial score (nSPS) is 11.5. The lowest BCUT2D eigenvalue weighted by atomic mass is 10.1. The molecule has 4 nitrogen and oxygen atoms in total. The second-order valence-electron chi connectivity index (χ2n) is 4.02. The maximum atomic E-state index is 13.7. The van der Waals surface area contributed by atoms with Crippen LogP contribution in [0.3, 0.4) is 0 Å². The maximum Gasteiger partial charge on any atom is 0.266 e. The zero-order valence-corrected chi connectivity index (χ0v) is 11.7. The van der Waals surface area contributed by atoms with E-state index in [9.17, 15) is 13.6 Å². The molecule has 108 valence electrons. The molecule has 2 aromatic rings. The topological polar surface area (TPSA) is 62.1 Å². The van der Waals surface area contributed by atoms with Gasteiger partial charge in [0, 0.05) is 11.6 Å². The van der Waals surface area contributed by atoms with Gasteiger partial charge in [-0.2, -0.15) is 5.26 Å². The predicted octanol–water partition coefficient (Wildman–Crippen LogP) is 3.03. The van der Waals surface area contributed by atoms with Crippen LogP contribution in [0.2, 0.25) is 0 Å². The van der Waals surface area contributed by atoms with Gasteiger partial charge in [0.2, 0.25) is 0 Å². The molecule has 1 N–H and O–H groups in total. The molecule has 0 saturated heterocycles. The number of rotatable bonds is 4. The van der Waals surface area contributed by atoms with Crippen LogP contribution in [0, 0.1) is 23.0 Å². The van der Waals surface area contributed by atoms with E-state index < -0.39 is 23.6 Å². The molecular weight excluding hydrogens is 298 g/mol. The number of hydrogen-bond acceptors (Lipinski definition) is 4. The number of hydrogen-bond donors (Lipinski definition) is 1. The SMILES string of the molecule is COc1ccsc1C(=O)N[C@@H](C#N)c1ccc(F)cc1F. The third kappa shape index (κ3) is 3.17. The molecule has 1 aromatic heterocycles. The number of thiophene rings is 1. The van der Waals surface area contributed by atoms with E-state index in [1.165, 1.54) is 7.11 Å². The highest BCUT2D eigenvalue weighted by Crippen LogP contribution is 2.25. The van der Waals surface area contributed by atoms with Crippen LogP contribution in [0.4, 0.5) is 8.78 Å². The number of halogens is 2. The smallest absolute Gasteiger partial charge is 0.266 e. The molecule has 1 aromatic carbocycles. The second kappa shape index (κ2) is 6.33. The predicted molar refractivity (Wildman–Crippen MR) is 73.0 cm³/mol. The van der Waals surface area contributed by atoms with E-state index in [2.05, 4.69) is 5.32 Å². The highest BCUT2D eigenvalue weighted by molar-refractivity contribution is 7.12. The average Bonchev–Trinajstić information content (AvgIpc) is 2.93. The van der Waals surface area contributed by atoms with Crippen molar-refractivity contribution in [1.29, 1.82) is 5.26 Å². The van der Waals surface area contributed by atoms with Crippen molar-refractivity contribution in [2.45, 2.75) is 6.04 Å². The third-order valence-corrected chi connectivity index (χ3v) is 3.63. The summed E-state index contributed by atoms with van der Waals surface area (Å²) in [5.41, 5.74) is -0.0947. The first-order chi connectivity index (χ1) is 10.1. The summed E-state index contributed by atoms with van der Waals surface area (Å²) >= 11 is 1.14. The number of methoxy groups -OCH3 is 1. The Balaban J connectivity index is 2.24. The molecule has 0 spiro atoms.